The monoisotopic (exact) mass is 165 g/mol. The summed E-state index contributed by atoms with van der Waals surface area (Å²) in [7, 11) is 0. The minimum absolute atomic E-state index is 0.00231. The SMILES string of the molecule is CC1CCCC(C#N)(C(C)C)C1. The van der Waals surface area contributed by atoms with Crippen LogP contribution in [0.4, 0.5) is 0 Å². The average Bonchev–Trinajstić information content (AvgIpc) is 2.04. The van der Waals surface area contributed by atoms with Gasteiger partial charge in [0.1, 0.15) is 0 Å². The minimum Gasteiger partial charge on any atom is -0.198 e. The van der Waals surface area contributed by atoms with E-state index in [1.165, 1.54) is 12.8 Å². The van der Waals surface area contributed by atoms with Crippen LogP contribution in [0.2, 0.25) is 0 Å². The average molecular weight is 165 g/mol. The second-order valence-electron chi connectivity index (χ2n) is 4.62. The summed E-state index contributed by atoms with van der Waals surface area (Å²) < 4.78 is 0. The molecule has 2 atom stereocenters. The van der Waals surface area contributed by atoms with Crippen LogP contribution in [0.5, 0.6) is 0 Å². The van der Waals surface area contributed by atoms with Crippen molar-refractivity contribution in [1.29, 1.82) is 5.26 Å². The Labute approximate surface area is 75.8 Å². The number of hydrogen-bond acceptors (Lipinski definition) is 1. The maximum absolute atomic E-state index is 9.18. The topological polar surface area (TPSA) is 23.8 Å². The molecular formula is C11H19N. The first kappa shape index (κ1) is 9.58. The molecule has 0 radical (unpaired) electrons. The second-order valence-corrected chi connectivity index (χ2v) is 4.62. The van der Waals surface area contributed by atoms with Gasteiger partial charge in [-0.1, -0.05) is 33.6 Å². The molecule has 0 bridgehead atoms. The molecule has 12 heavy (non-hydrogen) atoms. The van der Waals surface area contributed by atoms with Crippen LogP contribution in [-0.4, -0.2) is 0 Å². The third kappa shape index (κ3) is 1.63. The summed E-state index contributed by atoms with van der Waals surface area (Å²) in [5.74, 6) is 1.27. The van der Waals surface area contributed by atoms with Crippen LogP contribution in [0.25, 0.3) is 0 Å². The first-order valence-corrected chi connectivity index (χ1v) is 5.02. The van der Waals surface area contributed by atoms with Gasteiger partial charge in [0.2, 0.25) is 0 Å². The van der Waals surface area contributed by atoms with Crippen molar-refractivity contribution < 1.29 is 0 Å². The Bertz CT molecular complexity index is 190. The van der Waals surface area contributed by atoms with E-state index in [0.717, 1.165) is 18.8 Å². The third-order valence-electron chi connectivity index (χ3n) is 3.36. The molecule has 1 aliphatic carbocycles. The Balaban J connectivity index is 2.73. The van der Waals surface area contributed by atoms with Crippen LogP contribution in [0, 0.1) is 28.6 Å². The van der Waals surface area contributed by atoms with Gasteiger partial charge in [0.15, 0.2) is 0 Å². The van der Waals surface area contributed by atoms with Crippen LogP contribution in [0.1, 0.15) is 46.5 Å². The van der Waals surface area contributed by atoms with Crippen molar-refractivity contribution >= 4 is 0 Å². The molecule has 0 aromatic carbocycles. The lowest BCUT2D eigenvalue weighted by Crippen LogP contribution is -2.31. The first-order valence-electron chi connectivity index (χ1n) is 5.02. The van der Waals surface area contributed by atoms with E-state index in [0.29, 0.717) is 5.92 Å². The molecule has 1 fully saturated rings. The summed E-state index contributed by atoms with van der Waals surface area (Å²) in [6.07, 6.45) is 4.79. The molecule has 1 heteroatoms. The van der Waals surface area contributed by atoms with Gasteiger partial charge in [0.25, 0.3) is 0 Å². The zero-order valence-corrected chi connectivity index (χ0v) is 8.43. The van der Waals surface area contributed by atoms with Gasteiger partial charge in [0.05, 0.1) is 11.5 Å². The van der Waals surface area contributed by atoms with Crippen molar-refractivity contribution in [1.82, 2.24) is 0 Å². The Hall–Kier alpha value is -0.510. The summed E-state index contributed by atoms with van der Waals surface area (Å²) in [6.45, 7) is 6.64. The maximum Gasteiger partial charge on any atom is 0.0692 e. The van der Waals surface area contributed by atoms with E-state index in [4.69, 9.17) is 0 Å². The van der Waals surface area contributed by atoms with Gasteiger partial charge in [-0.2, -0.15) is 5.26 Å². The van der Waals surface area contributed by atoms with Crippen molar-refractivity contribution in [3.8, 4) is 6.07 Å². The van der Waals surface area contributed by atoms with Crippen LogP contribution >= 0.6 is 0 Å². The molecule has 0 saturated heterocycles. The normalized spacial score (nSPS) is 36.4. The third-order valence-corrected chi connectivity index (χ3v) is 3.36. The van der Waals surface area contributed by atoms with Crippen molar-refractivity contribution in [2.45, 2.75) is 46.5 Å². The van der Waals surface area contributed by atoms with E-state index in [1.54, 1.807) is 0 Å². The summed E-state index contributed by atoms with van der Waals surface area (Å²) >= 11 is 0. The highest BCUT2D eigenvalue weighted by Crippen LogP contribution is 2.43. The Morgan fingerprint density at radius 1 is 1.50 bits per heavy atom. The Kier molecular flexibility index (Phi) is 2.77. The lowest BCUT2D eigenvalue weighted by atomic mass is 9.65. The molecule has 1 nitrogen and oxygen atoms in total. The number of nitrogens with zero attached hydrogens (tertiary/aromatic N) is 1. The second kappa shape index (κ2) is 3.47. The molecule has 68 valence electrons. The van der Waals surface area contributed by atoms with E-state index in [-0.39, 0.29) is 5.41 Å². The van der Waals surface area contributed by atoms with Gasteiger partial charge in [-0.3, -0.25) is 0 Å². The molecule has 0 heterocycles. The molecule has 0 aromatic heterocycles. The number of nitriles is 1. The fourth-order valence-electron chi connectivity index (χ4n) is 2.35. The lowest BCUT2D eigenvalue weighted by Gasteiger charge is -2.37. The Morgan fingerprint density at radius 2 is 2.17 bits per heavy atom. The van der Waals surface area contributed by atoms with Crippen LogP contribution in [0.3, 0.4) is 0 Å². The zero-order valence-electron chi connectivity index (χ0n) is 8.43. The lowest BCUT2D eigenvalue weighted by molar-refractivity contribution is 0.150. The summed E-state index contributed by atoms with van der Waals surface area (Å²) in [6, 6.07) is 2.55. The van der Waals surface area contributed by atoms with Crippen LogP contribution < -0.4 is 0 Å². The molecule has 0 aliphatic heterocycles. The molecule has 2 unspecified atom stereocenters. The van der Waals surface area contributed by atoms with E-state index in [1.807, 2.05) is 0 Å². The molecule has 0 amide bonds. The quantitative estimate of drug-likeness (QED) is 0.584. The van der Waals surface area contributed by atoms with Crippen molar-refractivity contribution in [3.05, 3.63) is 0 Å². The fraction of sp³-hybridized carbons (Fsp3) is 0.909. The van der Waals surface area contributed by atoms with Crippen LogP contribution in [0.15, 0.2) is 0 Å². The standard InChI is InChI=1S/C11H19N/c1-9(2)11(8-12)6-4-5-10(3)7-11/h9-10H,4-7H2,1-3H3. The van der Waals surface area contributed by atoms with Crippen molar-refractivity contribution in [3.63, 3.8) is 0 Å². The molecule has 1 aliphatic rings. The van der Waals surface area contributed by atoms with E-state index >= 15 is 0 Å². The number of hydrogen-bond donors (Lipinski definition) is 0. The van der Waals surface area contributed by atoms with Gasteiger partial charge >= 0.3 is 0 Å². The van der Waals surface area contributed by atoms with E-state index in [9.17, 15) is 5.26 Å². The Morgan fingerprint density at radius 3 is 2.50 bits per heavy atom. The molecule has 0 spiro atoms. The molecule has 1 saturated carbocycles. The van der Waals surface area contributed by atoms with Gasteiger partial charge in [-0.05, 0) is 24.7 Å². The summed E-state index contributed by atoms with van der Waals surface area (Å²) in [5, 5.41) is 9.18. The van der Waals surface area contributed by atoms with Gasteiger partial charge in [0, 0.05) is 0 Å². The molecule has 0 N–H and O–H groups in total. The predicted molar refractivity (Wildman–Crippen MR) is 50.5 cm³/mol. The highest BCUT2D eigenvalue weighted by molar-refractivity contribution is 5.03. The fourth-order valence-corrected chi connectivity index (χ4v) is 2.35. The zero-order chi connectivity index (χ0) is 9.19. The maximum atomic E-state index is 9.18. The molecule has 1 rings (SSSR count). The van der Waals surface area contributed by atoms with Crippen molar-refractivity contribution in [2.75, 3.05) is 0 Å². The van der Waals surface area contributed by atoms with Gasteiger partial charge in [-0.15, -0.1) is 0 Å². The smallest absolute Gasteiger partial charge is 0.0692 e. The number of rotatable bonds is 1. The first-order chi connectivity index (χ1) is 5.60. The highest BCUT2D eigenvalue weighted by Gasteiger charge is 2.37. The van der Waals surface area contributed by atoms with Gasteiger partial charge in [-0.25, -0.2) is 0 Å². The van der Waals surface area contributed by atoms with Crippen molar-refractivity contribution in [2.24, 2.45) is 17.3 Å². The summed E-state index contributed by atoms with van der Waals surface area (Å²) in [4.78, 5) is 0. The molecule has 0 aromatic rings. The van der Waals surface area contributed by atoms with E-state index in [2.05, 4.69) is 26.8 Å². The molecular weight excluding hydrogens is 146 g/mol. The minimum atomic E-state index is -0.00231. The van der Waals surface area contributed by atoms with Gasteiger partial charge < -0.3 is 0 Å². The predicted octanol–water partition coefficient (Wildman–Crippen LogP) is 3.36. The van der Waals surface area contributed by atoms with E-state index < -0.39 is 0 Å². The highest BCUT2D eigenvalue weighted by atomic mass is 14.4. The van der Waals surface area contributed by atoms with Crippen LogP contribution in [-0.2, 0) is 0 Å². The summed E-state index contributed by atoms with van der Waals surface area (Å²) in [5.41, 5.74) is -0.00231. The largest absolute Gasteiger partial charge is 0.198 e.